The third kappa shape index (κ3) is 3.66. The first-order chi connectivity index (χ1) is 14.9. The summed E-state index contributed by atoms with van der Waals surface area (Å²) >= 11 is 0. The quantitative estimate of drug-likeness (QED) is 0.471. The van der Waals surface area contributed by atoms with Crippen molar-refractivity contribution in [3.63, 3.8) is 0 Å². The van der Waals surface area contributed by atoms with Crippen LogP contribution in [0.2, 0.25) is 0 Å². The average molecular weight is 410 g/mol. The highest BCUT2D eigenvalue weighted by molar-refractivity contribution is 6.33. The lowest BCUT2D eigenvalue weighted by Crippen LogP contribution is -2.53. The second-order valence-electron chi connectivity index (χ2n) is 7.58. The lowest BCUT2D eigenvalue weighted by Gasteiger charge is -2.30. The zero-order chi connectivity index (χ0) is 22.1. The van der Waals surface area contributed by atoms with Crippen LogP contribution in [-0.4, -0.2) is 41.7 Å². The molecule has 1 heterocycles. The van der Waals surface area contributed by atoms with Crippen molar-refractivity contribution in [2.75, 3.05) is 14.1 Å². The Hall–Kier alpha value is -3.99. The summed E-state index contributed by atoms with van der Waals surface area (Å²) in [6.45, 7) is 1.96. The average Bonchev–Trinajstić information content (AvgIpc) is 2.80. The van der Waals surface area contributed by atoms with Gasteiger partial charge in [0.25, 0.3) is 11.8 Å². The lowest BCUT2D eigenvalue weighted by molar-refractivity contribution is -0.134. The van der Waals surface area contributed by atoms with E-state index in [1.807, 2.05) is 85.8 Å². The molecule has 3 aromatic rings. The zero-order valence-electron chi connectivity index (χ0n) is 17.6. The van der Waals surface area contributed by atoms with E-state index in [2.05, 4.69) is 0 Å². The molecule has 1 saturated heterocycles. The Balaban J connectivity index is 2.00. The largest absolute Gasteiger partial charge is 0.333 e. The molecular formula is C26H22N2O3. The number of aryl methyl sites for hydroxylation is 1. The van der Waals surface area contributed by atoms with E-state index in [-0.39, 0.29) is 5.57 Å². The van der Waals surface area contributed by atoms with Gasteiger partial charge in [0, 0.05) is 19.7 Å². The molecule has 0 saturated carbocycles. The number of urea groups is 1. The first-order valence-corrected chi connectivity index (χ1v) is 9.95. The summed E-state index contributed by atoms with van der Waals surface area (Å²) in [7, 11) is 2.78. The zero-order valence-corrected chi connectivity index (χ0v) is 17.6. The van der Waals surface area contributed by atoms with Crippen molar-refractivity contribution in [3.8, 4) is 11.1 Å². The molecule has 1 fully saturated rings. The molecule has 31 heavy (non-hydrogen) atoms. The topological polar surface area (TPSA) is 57.7 Å². The van der Waals surface area contributed by atoms with Crippen LogP contribution < -0.4 is 0 Å². The molecule has 0 N–H and O–H groups in total. The van der Waals surface area contributed by atoms with Crippen molar-refractivity contribution < 1.29 is 14.4 Å². The molecule has 1 aliphatic rings. The van der Waals surface area contributed by atoms with Gasteiger partial charge in [-0.15, -0.1) is 0 Å². The van der Waals surface area contributed by atoms with Crippen molar-refractivity contribution in [3.05, 3.63) is 101 Å². The maximum Gasteiger partial charge on any atom is 0.333 e. The number of carbonyl (C=O) groups excluding carboxylic acids is 3. The van der Waals surface area contributed by atoms with E-state index in [9.17, 15) is 14.4 Å². The van der Waals surface area contributed by atoms with Gasteiger partial charge in [-0.1, -0.05) is 78.4 Å². The van der Waals surface area contributed by atoms with E-state index in [1.54, 1.807) is 0 Å². The molecule has 4 amide bonds. The van der Waals surface area contributed by atoms with E-state index in [4.69, 9.17) is 0 Å². The van der Waals surface area contributed by atoms with Crippen LogP contribution in [0.1, 0.15) is 16.7 Å². The highest BCUT2D eigenvalue weighted by Crippen LogP contribution is 2.33. The Morgan fingerprint density at radius 1 is 0.645 bits per heavy atom. The number of benzene rings is 3. The van der Waals surface area contributed by atoms with Crippen LogP contribution in [0.25, 0.3) is 16.7 Å². The monoisotopic (exact) mass is 410 g/mol. The molecule has 3 aromatic carbocycles. The fourth-order valence-corrected chi connectivity index (χ4v) is 3.78. The number of amides is 4. The summed E-state index contributed by atoms with van der Waals surface area (Å²) < 4.78 is 0. The van der Waals surface area contributed by atoms with Gasteiger partial charge in [0.1, 0.15) is 5.57 Å². The maximum atomic E-state index is 13.1. The number of hydrogen-bond acceptors (Lipinski definition) is 3. The normalized spacial score (nSPS) is 14.3. The van der Waals surface area contributed by atoms with Crippen LogP contribution in [0.3, 0.4) is 0 Å². The van der Waals surface area contributed by atoms with Crippen molar-refractivity contribution >= 4 is 23.4 Å². The summed E-state index contributed by atoms with van der Waals surface area (Å²) in [6, 6.07) is 24.7. The minimum atomic E-state index is -0.639. The minimum absolute atomic E-state index is 0.0135. The minimum Gasteiger partial charge on any atom is -0.268 e. The van der Waals surface area contributed by atoms with Gasteiger partial charge in [-0.05, 0) is 35.2 Å². The summed E-state index contributed by atoms with van der Waals surface area (Å²) in [5, 5.41) is 0. The van der Waals surface area contributed by atoms with E-state index >= 15 is 0 Å². The molecule has 0 unspecified atom stereocenters. The lowest BCUT2D eigenvalue weighted by atomic mass is 9.88. The first kappa shape index (κ1) is 20.3. The van der Waals surface area contributed by atoms with E-state index in [0.29, 0.717) is 5.57 Å². The Bertz CT molecular complexity index is 1200. The number of imide groups is 2. The summed E-state index contributed by atoms with van der Waals surface area (Å²) in [6.07, 6.45) is 0. The van der Waals surface area contributed by atoms with Gasteiger partial charge in [-0.3, -0.25) is 19.4 Å². The molecule has 0 radical (unpaired) electrons. The van der Waals surface area contributed by atoms with Crippen molar-refractivity contribution in [1.82, 2.24) is 9.80 Å². The summed E-state index contributed by atoms with van der Waals surface area (Å²) in [5.74, 6) is -1.20. The molecule has 5 heteroatoms. The van der Waals surface area contributed by atoms with Crippen molar-refractivity contribution in [2.24, 2.45) is 0 Å². The number of hydrogen-bond donors (Lipinski definition) is 0. The fourth-order valence-electron chi connectivity index (χ4n) is 3.78. The van der Waals surface area contributed by atoms with Crippen LogP contribution in [0.5, 0.6) is 0 Å². The number of nitrogens with zero attached hydrogens (tertiary/aromatic N) is 2. The second kappa shape index (κ2) is 8.03. The van der Waals surface area contributed by atoms with E-state index < -0.39 is 17.8 Å². The van der Waals surface area contributed by atoms with Gasteiger partial charge in [0.2, 0.25) is 0 Å². The molecule has 4 rings (SSSR count). The van der Waals surface area contributed by atoms with E-state index in [1.165, 1.54) is 14.1 Å². The smallest absolute Gasteiger partial charge is 0.268 e. The SMILES string of the molecule is Cc1cccc(C(=C2C(=O)N(C)C(=O)N(C)C2=O)c2cccc(-c3ccccc3)c2)c1. The third-order valence-corrected chi connectivity index (χ3v) is 5.43. The number of barbiturate groups is 1. The Morgan fingerprint density at radius 3 is 1.81 bits per heavy atom. The molecular weight excluding hydrogens is 388 g/mol. The molecule has 0 aromatic heterocycles. The molecule has 154 valence electrons. The Morgan fingerprint density at radius 2 is 1.19 bits per heavy atom. The van der Waals surface area contributed by atoms with Crippen LogP contribution in [0, 0.1) is 6.92 Å². The van der Waals surface area contributed by atoms with E-state index in [0.717, 1.165) is 37.6 Å². The van der Waals surface area contributed by atoms with Crippen LogP contribution in [0.4, 0.5) is 4.79 Å². The van der Waals surface area contributed by atoms with Crippen molar-refractivity contribution in [2.45, 2.75) is 6.92 Å². The number of likely N-dealkylation sites (N-methyl/N-ethyl adjacent to an activating group) is 2. The van der Waals surface area contributed by atoms with Gasteiger partial charge < -0.3 is 0 Å². The highest BCUT2D eigenvalue weighted by atomic mass is 16.2. The van der Waals surface area contributed by atoms with Crippen LogP contribution >= 0.6 is 0 Å². The number of carbonyl (C=O) groups is 3. The number of rotatable bonds is 3. The predicted molar refractivity (Wildman–Crippen MR) is 120 cm³/mol. The summed E-state index contributed by atoms with van der Waals surface area (Å²) in [4.78, 5) is 40.5. The van der Waals surface area contributed by atoms with Gasteiger partial charge in [-0.2, -0.15) is 0 Å². The molecule has 0 atom stereocenters. The second-order valence-corrected chi connectivity index (χ2v) is 7.58. The van der Waals surface area contributed by atoms with Gasteiger partial charge in [0.15, 0.2) is 0 Å². The molecule has 0 bridgehead atoms. The Labute approximate surface area is 181 Å². The van der Waals surface area contributed by atoms with Crippen LogP contribution in [0.15, 0.2) is 84.4 Å². The van der Waals surface area contributed by atoms with Gasteiger partial charge in [-0.25, -0.2) is 4.79 Å². The van der Waals surface area contributed by atoms with Gasteiger partial charge in [0.05, 0.1) is 0 Å². The standard InChI is InChI=1S/C26H22N2O3/c1-17-9-7-13-20(15-17)22(23-24(29)27(2)26(31)28(3)25(23)30)21-14-8-12-19(16-21)18-10-5-4-6-11-18/h4-16H,1-3H3. The molecule has 0 spiro atoms. The predicted octanol–water partition coefficient (Wildman–Crippen LogP) is 4.51. The highest BCUT2D eigenvalue weighted by Gasteiger charge is 2.40. The molecule has 1 aliphatic heterocycles. The summed E-state index contributed by atoms with van der Waals surface area (Å²) in [5.41, 5.74) is 4.99. The molecule has 5 nitrogen and oxygen atoms in total. The van der Waals surface area contributed by atoms with Gasteiger partial charge >= 0.3 is 6.03 Å². The Kier molecular flexibility index (Phi) is 5.26. The fraction of sp³-hybridized carbons (Fsp3) is 0.115. The maximum absolute atomic E-state index is 13.1. The first-order valence-electron chi connectivity index (χ1n) is 9.95. The van der Waals surface area contributed by atoms with Crippen molar-refractivity contribution in [1.29, 1.82) is 0 Å². The molecule has 0 aliphatic carbocycles. The van der Waals surface area contributed by atoms with Crippen LogP contribution in [-0.2, 0) is 9.59 Å². The third-order valence-electron chi connectivity index (χ3n) is 5.43.